The van der Waals surface area contributed by atoms with Crippen LogP contribution in [0.4, 0.5) is 0 Å². The maximum Gasteiger partial charge on any atom is 0.0755 e. The molecule has 0 bridgehead atoms. The molecule has 0 aliphatic carbocycles. The van der Waals surface area contributed by atoms with Crippen molar-refractivity contribution in [3.05, 3.63) is 11.9 Å². The van der Waals surface area contributed by atoms with E-state index in [-0.39, 0.29) is 11.6 Å². The first-order valence-electron chi connectivity index (χ1n) is 5.69. The number of hydrogen-bond acceptors (Lipinski definition) is 4. The Kier molecular flexibility index (Phi) is 4.44. The van der Waals surface area contributed by atoms with Crippen molar-refractivity contribution in [2.75, 3.05) is 7.11 Å². The molecule has 2 N–H and O–H groups in total. The largest absolute Gasteiger partial charge is 0.379 e. The van der Waals surface area contributed by atoms with Crippen LogP contribution in [0.2, 0.25) is 0 Å². The molecule has 5 heteroatoms. The standard InChI is InChI=1S/C11H22N4O/c1-5-6-15-10(8-13-14-15)9(12)7-11(2,3)16-4/h8-9H,5-7,12H2,1-4H3. The Morgan fingerprint density at radius 1 is 1.56 bits per heavy atom. The number of rotatable bonds is 6. The first kappa shape index (κ1) is 13.1. The molecule has 0 spiro atoms. The van der Waals surface area contributed by atoms with E-state index >= 15 is 0 Å². The van der Waals surface area contributed by atoms with Gasteiger partial charge in [-0.15, -0.1) is 5.10 Å². The van der Waals surface area contributed by atoms with Gasteiger partial charge in [-0.05, 0) is 26.7 Å². The van der Waals surface area contributed by atoms with Crippen molar-refractivity contribution >= 4 is 0 Å². The molecular weight excluding hydrogens is 204 g/mol. The van der Waals surface area contributed by atoms with Crippen molar-refractivity contribution in [3.8, 4) is 0 Å². The molecular formula is C11H22N4O. The Bertz CT molecular complexity index is 322. The molecule has 0 aromatic carbocycles. The lowest BCUT2D eigenvalue weighted by atomic mass is 9.97. The third-order valence-corrected chi connectivity index (χ3v) is 2.73. The minimum Gasteiger partial charge on any atom is -0.379 e. The number of aryl methyl sites for hydroxylation is 1. The van der Waals surface area contributed by atoms with Crippen LogP contribution in [-0.4, -0.2) is 27.7 Å². The Labute approximate surface area is 97.0 Å². The summed E-state index contributed by atoms with van der Waals surface area (Å²) in [5.41, 5.74) is 6.91. The van der Waals surface area contributed by atoms with Crippen molar-refractivity contribution in [3.63, 3.8) is 0 Å². The highest BCUT2D eigenvalue weighted by atomic mass is 16.5. The first-order valence-corrected chi connectivity index (χ1v) is 5.69. The second-order valence-corrected chi connectivity index (χ2v) is 4.66. The van der Waals surface area contributed by atoms with Crippen LogP contribution in [0.15, 0.2) is 6.20 Å². The molecule has 0 amide bonds. The number of methoxy groups -OCH3 is 1. The Morgan fingerprint density at radius 2 is 2.25 bits per heavy atom. The van der Waals surface area contributed by atoms with Crippen LogP contribution in [0, 0.1) is 0 Å². The highest BCUT2D eigenvalue weighted by Gasteiger charge is 2.23. The Morgan fingerprint density at radius 3 is 2.81 bits per heavy atom. The molecule has 1 heterocycles. The molecule has 0 radical (unpaired) electrons. The van der Waals surface area contributed by atoms with Crippen LogP contribution in [0.25, 0.3) is 0 Å². The van der Waals surface area contributed by atoms with E-state index in [1.807, 2.05) is 18.5 Å². The van der Waals surface area contributed by atoms with Crippen molar-refractivity contribution in [1.82, 2.24) is 15.0 Å². The van der Waals surface area contributed by atoms with Crippen LogP contribution in [0.1, 0.15) is 45.3 Å². The monoisotopic (exact) mass is 226 g/mol. The molecule has 0 fully saturated rings. The number of nitrogens with two attached hydrogens (primary N) is 1. The summed E-state index contributed by atoms with van der Waals surface area (Å²) in [6.07, 6.45) is 3.52. The molecule has 1 aromatic heterocycles. The lowest BCUT2D eigenvalue weighted by molar-refractivity contribution is 0.00935. The third-order valence-electron chi connectivity index (χ3n) is 2.73. The zero-order chi connectivity index (χ0) is 12.2. The number of aromatic nitrogens is 3. The van der Waals surface area contributed by atoms with Gasteiger partial charge in [-0.1, -0.05) is 12.1 Å². The SMILES string of the molecule is CCCn1nncc1C(N)CC(C)(C)OC. The molecule has 92 valence electrons. The van der Waals surface area contributed by atoms with Gasteiger partial charge in [-0.25, -0.2) is 4.68 Å². The van der Waals surface area contributed by atoms with Gasteiger partial charge in [0.2, 0.25) is 0 Å². The quantitative estimate of drug-likeness (QED) is 0.798. The second-order valence-electron chi connectivity index (χ2n) is 4.66. The van der Waals surface area contributed by atoms with Crippen LogP contribution < -0.4 is 5.73 Å². The summed E-state index contributed by atoms with van der Waals surface area (Å²) in [7, 11) is 1.70. The average Bonchev–Trinajstić information content (AvgIpc) is 2.66. The summed E-state index contributed by atoms with van der Waals surface area (Å²) >= 11 is 0. The van der Waals surface area contributed by atoms with Gasteiger partial charge in [-0.3, -0.25) is 0 Å². The van der Waals surface area contributed by atoms with Gasteiger partial charge in [-0.2, -0.15) is 0 Å². The maximum absolute atomic E-state index is 6.15. The normalized spacial score (nSPS) is 14.1. The summed E-state index contributed by atoms with van der Waals surface area (Å²) in [6, 6.07) is -0.0866. The van der Waals surface area contributed by atoms with Gasteiger partial charge < -0.3 is 10.5 Å². The minimum absolute atomic E-state index is 0.0866. The number of nitrogens with zero attached hydrogens (tertiary/aromatic N) is 3. The summed E-state index contributed by atoms with van der Waals surface area (Å²) in [6.45, 7) is 7.02. The second kappa shape index (κ2) is 5.41. The molecule has 1 rings (SSSR count). The molecule has 0 aliphatic heterocycles. The van der Waals surface area contributed by atoms with Crippen molar-refractivity contribution in [2.24, 2.45) is 5.73 Å². The topological polar surface area (TPSA) is 66.0 Å². The maximum atomic E-state index is 6.15. The smallest absolute Gasteiger partial charge is 0.0755 e. The first-order chi connectivity index (χ1) is 7.50. The zero-order valence-electron chi connectivity index (χ0n) is 10.6. The average molecular weight is 226 g/mol. The summed E-state index contributed by atoms with van der Waals surface area (Å²) in [5.74, 6) is 0. The zero-order valence-corrected chi connectivity index (χ0v) is 10.6. The van der Waals surface area contributed by atoms with Gasteiger partial charge in [0.05, 0.1) is 23.5 Å². The van der Waals surface area contributed by atoms with Gasteiger partial charge >= 0.3 is 0 Å². The van der Waals surface area contributed by atoms with Crippen LogP contribution in [0.5, 0.6) is 0 Å². The third kappa shape index (κ3) is 3.28. The number of ether oxygens (including phenoxy) is 1. The molecule has 5 nitrogen and oxygen atoms in total. The van der Waals surface area contributed by atoms with E-state index in [1.54, 1.807) is 13.3 Å². The van der Waals surface area contributed by atoms with Gasteiger partial charge in [0.25, 0.3) is 0 Å². The van der Waals surface area contributed by atoms with Gasteiger partial charge in [0.1, 0.15) is 0 Å². The molecule has 0 saturated heterocycles. The highest BCUT2D eigenvalue weighted by molar-refractivity contribution is 5.02. The van der Waals surface area contributed by atoms with E-state index in [0.717, 1.165) is 25.1 Å². The fourth-order valence-electron chi connectivity index (χ4n) is 1.66. The van der Waals surface area contributed by atoms with Crippen molar-refractivity contribution in [1.29, 1.82) is 0 Å². The highest BCUT2D eigenvalue weighted by Crippen LogP contribution is 2.23. The van der Waals surface area contributed by atoms with Gasteiger partial charge in [0, 0.05) is 13.7 Å². The molecule has 16 heavy (non-hydrogen) atoms. The van der Waals surface area contributed by atoms with E-state index in [9.17, 15) is 0 Å². The lowest BCUT2D eigenvalue weighted by Gasteiger charge is -2.26. The molecule has 1 aromatic rings. The fraction of sp³-hybridized carbons (Fsp3) is 0.818. The van der Waals surface area contributed by atoms with E-state index in [1.165, 1.54) is 0 Å². The predicted octanol–water partition coefficient (Wildman–Crippen LogP) is 1.50. The van der Waals surface area contributed by atoms with Crippen molar-refractivity contribution < 1.29 is 4.74 Å². The van der Waals surface area contributed by atoms with E-state index in [4.69, 9.17) is 10.5 Å². The lowest BCUT2D eigenvalue weighted by Crippen LogP contribution is -2.30. The fourth-order valence-corrected chi connectivity index (χ4v) is 1.66. The summed E-state index contributed by atoms with van der Waals surface area (Å²) < 4.78 is 7.25. The Balaban J connectivity index is 2.72. The van der Waals surface area contributed by atoms with Crippen LogP contribution >= 0.6 is 0 Å². The van der Waals surface area contributed by atoms with Gasteiger partial charge in [0.15, 0.2) is 0 Å². The molecule has 1 unspecified atom stereocenters. The molecule has 0 saturated carbocycles. The Hall–Kier alpha value is -0.940. The van der Waals surface area contributed by atoms with Crippen LogP contribution in [0.3, 0.4) is 0 Å². The predicted molar refractivity (Wildman–Crippen MR) is 62.9 cm³/mol. The molecule has 1 atom stereocenters. The van der Waals surface area contributed by atoms with Crippen LogP contribution in [-0.2, 0) is 11.3 Å². The summed E-state index contributed by atoms with van der Waals surface area (Å²) in [4.78, 5) is 0. The minimum atomic E-state index is -0.221. The summed E-state index contributed by atoms with van der Waals surface area (Å²) in [5, 5.41) is 7.94. The van der Waals surface area contributed by atoms with E-state index < -0.39 is 0 Å². The molecule has 0 aliphatic rings. The van der Waals surface area contributed by atoms with E-state index in [0.29, 0.717) is 0 Å². The number of hydrogen-bond donors (Lipinski definition) is 1. The van der Waals surface area contributed by atoms with Crippen molar-refractivity contribution in [2.45, 2.75) is 51.8 Å². The van der Waals surface area contributed by atoms with E-state index in [2.05, 4.69) is 17.2 Å².